The maximum atomic E-state index is 12.5. The number of carbonyl (C=O) groups is 3. The summed E-state index contributed by atoms with van der Waals surface area (Å²) in [7, 11) is 0. The molecular weight excluding hydrogens is 452 g/mol. The summed E-state index contributed by atoms with van der Waals surface area (Å²) >= 11 is 1.53. The number of ether oxygens (including phenoxy) is 1. The second-order valence-corrected chi connectivity index (χ2v) is 9.34. The van der Waals surface area contributed by atoms with Crippen LogP contribution in [-0.2, 0) is 14.3 Å². The maximum Gasteiger partial charge on any atom is 0.407 e. The van der Waals surface area contributed by atoms with Gasteiger partial charge in [-0.2, -0.15) is 11.8 Å². The van der Waals surface area contributed by atoms with Crippen molar-refractivity contribution >= 4 is 29.7 Å². The third-order valence-electron chi connectivity index (χ3n) is 6.12. The molecule has 7 nitrogen and oxygen atoms in total. The number of alkyl carbamates (subject to hydrolysis) is 1. The first-order valence-electron chi connectivity index (χ1n) is 11.6. The number of carbonyl (C=O) groups excluding carboxylic acids is 2. The first kappa shape index (κ1) is 25.6. The van der Waals surface area contributed by atoms with Gasteiger partial charge in [0, 0.05) is 18.4 Å². The van der Waals surface area contributed by atoms with Crippen molar-refractivity contribution in [2.24, 2.45) is 0 Å². The molecule has 2 amide bonds. The Bertz CT molecular complexity index is 967. The molecule has 3 N–H and O–H groups in total. The zero-order chi connectivity index (χ0) is 24.5. The molecule has 182 valence electrons. The highest BCUT2D eigenvalue weighted by atomic mass is 32.2. The van der Waals surface area contributed by atoms with Gasteiger partial charge in [-0.3, -0.25) is 4.79 Å². The number of carboxylic acid groups (broad SMARTS) is 1. The Balaban J connectivity index is 1.49. The maximum absolute atomic E-state index is 12.5. The summed E-state index contributed by atoms with van der Waals surface area (Å²) in [5.41, 5.74) is 4.63. The Labute approximate surface area is 204 Å². The fourth-order valence-corrected chi connectivity index (χ4v) is 4.72. The van der Waals surface area contributed by atoms with Crippen molar-refractivity contribution in [3.63, 3.8) is 0 Å². The van der Waals surface area contributed by atoms with Gasteiger partial charge in [0.05, 0.1) is 0 Å². The summed E-state index contributed by atoms with van der Waals surface area (Å²) in [5.74, 6) is -0.733. The molecule has 2 aromatic rings. The summed E-state index contributed by atoms with van der Waals surface area (Å²) in [6.45, 7) is 2.15. The van der Waals surface area contributed by atoms with E-state index in [0.29, 0.717) is 25.0 Å². The molecule has 1 aliphatic carbocycles. The zero-order valence-electron chi connectivity index (χ0n) is 19.6. The predicted octanol–water partition coefficient (Wildman–Crippen LogP) is 4.41. The van der Waals surface area contributed by atoms with E-state index in [2.05, 4.69) is 34.9 Å². The Morgan fingerprint density at radius 3 is 2.18 bits per heavy atom. The van der Waals surface area contributed by atoms with Crippen LogP contribution in [0.3, 0.4) is 0 Å². The predicted molar refractivity (Wildman–Crippen MR) is 134 cm³/mol. The molecule has 0 bridgehead atoms. The highest BCUT2D eigenvalue weighted by Crippen LogP contribution is 2.44. The Morgan fingerprint density at radius 2 is 1.62 bits per heavy atom. The number of rotatable bonds is 12. The monoisotopic (exact) mass is 484 g/mol. The molecule has 3 rings (SSSR count). The summed E-state index contributed by atoms with van der Waals surface area (Å²) in [4.78, 5) is 36.1. The normalized spacial score (nSPS) is 13.9. The smallest absolute Gasteiger partial charge is 0.407 e. The van der Waals surface area contributed by atoms with E-state index in [9.17, 15) is 19.5 Å². The van der Waals surface area contributed by atoms with Crippen molar-refractivity contribution in [2.45, 2.75) is 50.6 Å². The van der Waals surface area contributed by atoms with Crippen molar-refractivity contribution in [1.29, 1.82) is 0 Å². The molecule has 0 heterocycles. The van der Waals surface area contributed by atoms with Gasteiger partial charge in [0.15, 0.2) is 0 Å². The van der Waals surface area contributed by atoms with E-state index < -0.39 is 18.1 Å². The van der Waals surface area contributed by atoms with Crippen LogP contribution in [0.4, 0.5) is 4.79 Å². The lowest BCUT2D eigenvalue weighted by molar-refractivity contribution is -0.141. The number of amides is 2. The lowest BCUT2D eigenvalue weighted by Crippen LogP contribution is -2.42. The van der Waals surface area contributed by atoms with E-state index in [1.54, 1.807) is 0 Å². The molecule has 1 aliphatic rings. The Hall–Kier alpha value is -3.00. The molecule has 2 unspecified atom stereocenters. The van der Waals surface area contributed by atoms with E-state index in [1.165, 1.54) is 22.9 Å². The lowest BCUT2D eigenvalue weighted by Gasteiger charge is -2.19. The molecule has 0 radical (unpaired) electrons. The van der Waals surface area contributed by atoms with Crippen LogP contribution in [-0.4, -0.2) is 53.8 Å². The largest absolute Gasteiger partial charge is 0.480 e. The van der Waals surface area contributed by atoms with Crippen molar-refractivity contribution in [2.75, 3.05) is 18.6 Å². The lowest BCUT2D eigenvalue weighted by atomic mass is 9.98. The molecule has 8 heteroatoms. The van der Waals surface area contributed by atoms with Crippen LogP contribution in [0.2, 0.25) is 0 Å². The second kappa shape index (κ2) is 12.5. The van der Waals surface area contributed by atoms with Gasteiger partial charge in [-0.15, -0.1) is 0 Å². The van der Waals surface area contributed by atoms with Crippen LogP contribution in [0.15, 0.2) is 48.5 Å². The van der Waals surface area contributed by atoms with Gasteiger partial charge in [0.1, 0.15) is 12.6 Å². The van der Waals surface area contributed by atoms with Crippen molar-refractivity contribution in [3.8, 4) is 11.1 Å². The van der Waals surface area contributed by atoms with Crippen LogP contribution in [0.5, 0.6) is 0 Å². The van der Waals surface area contributed by atoms with Gasteiger partial charge in [0.25, 0.3) is 0 Å². The Morgan fingerprint density at radius 1 is 1.00 bits per heavy atom. The van der Waals surface area contributed by atoms with Crippen molar-refractivity contribution in [3.05, 3.63) is 59.7 Å². The van der Waals surface area contributed by atoms with E-state index in [4.69, 9.17) is 4.74 Å². The van der Waals surface area contributed by atoms with Crippen LogP contribution in [0.1, 0.15) is 49.7 Å². The van der Waals surface area contributed by atoms with Crippen LogP contribution in [0.25, 0.3) is 11.1 Å². The first-order chi connectivity index (χ1) is 16.4. The molecule has 34 heavy (non-hydrogen) atoms. The summed E-state index contributed by atoms with van der Waals surface area (Å²) in [5, 5.41) is 14.7. The van der Waals surface area contributed by atoms with Crippen LogP contribution >= 0.6 is 11.8 Å². The average Bonchev–Trinajstić information content (AvgIpc) is 3.16. The number of carboxylic acids is 1. The van der Waals surface area contributed by atoms with Crippen LogP contribution < -0.4 is 10.6 Å². The molecule has 0 saturated heterocycles. The highest BCUT2D eigenvalue weighted by molar-refractivity contribution is 7.98. The minimum absolute atomic E-state index is 0.0155. The standard InChI is InChI=1S/C26H32N2O5S/c1-3-17(12-13-24(29)28-23(25(30)31)14-15-34-2)27-26(32)33-16-22-20-10-6-4-8-18(20)19-9-5-7-11-21(19)22/h4-11,17,22-23H,3,12-16H2,1-2H3,(H,27,32)(H,28,29)(H,30,31). The summed E-state index contributed by atoms with van der Waals surface area (Å²) < 4.78 is 5.59. The minimum atomic E-state index is -1.04. The molecule has 0 aliphatic heterocycles. The van der Waals surface area contributed by atoms with E-state index in [0.717, 1.165) is 11.1 Å². The van der Waals surface area contributed by atoms with Crippen LogP contribution in [0, 0.1) is 0 Å². The number of fused-ring (bicyclic) bond motifs is 3. The number of nitrogens with one attached hydrogen (secondary N) is 2. The molecule has 0 saturated carbocycles. The van der Waals surface area contributed by atoms with E-state index in [-0.39, 0.29) is 30.9 Å². The summed E-state index contributed by atoms with van der Waals surface area (Å²) in [6.07, 6.45) is 2.91. The molecule has 2 atom stereocenters. The molecule has 0 fully saturated rings. The van der Waals surface area contributed by atoms with Gasteiger partial charge >= 0.3 is 12.1 Å². The number of thioether (sulfide) groups is 1. The quantitative estimate of drug-likeness (QED) is 0.412. The Kier molecular flexibility index (Phi) is 9.39. The molecule has 0 spiro atoms. The van der Waals surface area contributed by atoms with Crippen molar-refractivity contribution in [1.82, 2.24) is 10.6 Å². The van der Waals surface area contributed by atoms with Gasteiger partial charge in [-0.05, 0) is 53.5 Å². The average molecular weight is 485 g/mol. The molecule has 2 aromatic carbocycles. The molecule has 0 aromatic heterocycles. The first-order valence-corrected chi connectivity index (χ1v) is 13.0. The fraction of sp³-hybridized carbons (Fsp3) is 0.423. The van der Waals surface area contributed by atoms with E-state index >= 15 is 0 Å². The zero-order valence-corrected chi connectivity index (χ0v) is 20.4. The third kappa shape index (κ3) is 6.53. The topological polar surface area (TPSA) is 105 Å². The van der Waals surface area contributed by atoms with Gasteiger partial charge in [-0.25, -0.2) is 9.59 Å². The highest BCUT2D eigenvalue weighted by Gasteiger charge is 2.29. The SMILES string of the molecule is CCC(CCC(=O)NC(CCSC)C(=O)O)NC(=O)OCC1c2ccccc2-c2ccccc21. The van der Waals surface area contributed by atoms with E-state index in [1.807, 2.05) is 37.4 Å². The number of aliphatic carboxylic acids is 1. The minimum Gasteiger partial charge on any atom is -0.480 e. The van der Waals surface area contributed by atoms with Gasteiger partial charge < -0.3 is 20.5 Å². The summed E-state index contributed by atoms with van der Waals surface area (Å²) in [6, 6.07) is 15.2. The molecular formula is C26H32N2O5S. The van der Waals surface area contributed by atoms with Gasteiger partial charge in [-0.1, -0.05) is 55.5 Å². The fourth-order valence-electron chi connectivity index (χ4n) is 4.25. The third-order valence-corrected chi connectivity index (χ3v) is 6.77. The second-order valence-electron chi connectivity index (χ2n) is 8.35. The number of hydrogen-bond donors (Lipinski definition) is 3. The van der Waals surface area contributed by atoms with Crippen molar-refractivity contribution < 1.29 is 24.2 Å². The number of benzene rings is 2. The number of hydrogen-bond acceptors (Lipinski definition) is 5. The van der Waals surface area contributed by atoms with Gasteiger partial charge in [0.2, 0.25) is 5.91 Å².